The molecule has 1 unspecified atom stereocenters. The third kappa shape index (κ3) is 4.38. The van der Waals surface area contributed by atoms with Crippen LogP contribution in [0, 0.1) is 5.82 Å². The van der Waals surface area contributed by atoms with Gasteiger partial charge in [0.25, 0.3) is 11.8 Å². The summed E-state index contributed by atoms with van der Waals surface area (Å²) in [4.78, 5) is 40.1. The van der Waals surface area contributed by atoms with Crippen LogP contribution >= 0.6 is 0 Å². The Bertz CT molecular complexity index is 1330. The van der Waals surface area contributed by atoms with Gasteiger partial charge in [-0.15, -0.1) is 0 Å². The second-order valence-corrected chi connectivity index (χ2v) is 9.53. The highest BCUT2D eigenvalue weighted by molar-refractivity contribution is 6.09. The van der Waals surface area contributed by atoms with E-state index >= 15 is 0 Å². The zero-order chi connectivity index (χ0) is 27.2. The molecule has 0 radical (unpaired) electrons. The Morgan fingerprint density at radius 1 is 1.08 bits per heavy atom. The van der Waals surface area contributed by atoms with Crippen molar-refractivity contribution in [1.82, 2.24) is 15.1 Å². The van der Waals surface area contributed by atoms with Gasteiger partial charge in [0.15, 0.2) is 11.5 Å². The van der Waals surface area contributed by atoms with Crippen LogP contribution in [0.25, 0.3) is 0 Å². The predicted molar refractivity (Wildman–Crippen MR) is 128 cm³/mol. The maximum absolute atomic E-state index is 14.7. The Morgan fingerprint density at radius 3 is 2.53 bits per heavy atom. The third-order valence-corrected chi connectivity index (χ3v) is 7.14. The molecule has 5 rings (SSSR count). The lowest BCUT2D eigenvalue weighted by Crippen LogP contribution is -2.63. The molecule has 1 atom stereocenters. The minimum Gasteiger partial charge on any atom is -0.504 e. The smallest absolute Gasteiger partial charge is 0.279 e. The van der Waals surface area contributed by atoms with Crippen LogP contribution in [0.4, 0.5) is 10.1 Å². The van der Waals surface area contributed by atoms with Crippen molar-refractivity contribution in [2.45, 2.75) is 38.2 Å². The summed E-state index contributed by atoms with van der Waals surface area (Å²) in [7, 11) is 0. The van der Waals surface area contributed by atoms with Crippen molar-refractivity contribution in [2.24, 2.45) is 0 Å². The van der Waals surface area contributed by atoms with Gasteiger partial charge in [0, 0.05) is 50.1 Å². The van der Waals surface area contributed by atoms with Crippen LogP contribution in [0.5, 0.6) is 17.2 Å². The number of amides is 3. The van der Waals surface area contributed by atoms with Gasteiger partial charge in [0.05, 0.1) is 31.0 Å². The van der Waals surface area contributed by atoms with E-state index in [9.17, 15) is 39.2 Å². The zero-order valence-electron chi connectivity index (χ0n) is 20.3. The molecule has 202 valence electrons. The van der Waals surface area contributed by atoms with Crippen LogP contribution in [-0.4, -0.2) is 80.0 Å². The summed E-state index contributed by atoms with van der Waals surface area (Å²) >= 11 is 0. The summed E-state index contributed by atoms with van der Waals surface area (Å²) in [5, 5.41) is 47.1. The SMILES string of the molecule is O=C1CCC(O)(N2Cc3c(NCc4cc(CN5CCOCC5)ccc4F)c(O)c(O)c(O)c3C2=O)C(=O)N1. The van der Waals surface area contributed by atoms with Crippen molar-refractivity contribution in [3.63, 3.8) is 0 Å². The van der Waals surface area contributed by atoms with E-state index in [1.165, 1.54) is 6.07 Å². The fourth-order valence-electron chi connectivity index (χ4n) is 5.01. The number of rotatable bonds is 6. The Balaban J connectivity index is 1.42. The molecule has 2 fully saturated rings. The number of morpholine rings is 1. The summed E-state index contributed by atoms with van der Waals surface area (Å²) in [5.41, 5.74) is -1.89. The van der Waals surface area contributed by atoms with Gasteiger partial charge in [-0.1, -0.05) is 6.07 Å². The highest BCUT2D eigenvalue weighted by Gasteiger charge is 2.52. The summed E-state index contributed by atoms with van der Waals surface area (Å²) in [5.74, 6) is -5.91. The molecular formula is C25H27FN4O8. The Labute approximate surface area is 216 Å². The second kappa shape index (κ2) is 9.74. The highest BCUT2D eigenvalue weighted by atomic mass is 19.1. The van der Waals surface area contributed by atoms with E-state index in [-0.39, 0.29) is 36.2 Å². The molecular weight excluding hydrogens is 503 g/mol. The molecule has 0 saturated carbocycles. The van der Waals surface area contributed by atoms with E-state index in [1.807, 2.05) is 5.32 Å². The molecule has 0 spiro atoms. The first-order valence-electron chi connectivity index (χ1n) is 12.1. The topological polar surface area (TPSA) is 172 Å². The van der Waals surface area contributed by atoms with E-state index in [0.717, 1.165) is 23.6 Å². The van der Waals surface area contributed by atoms with Crippen LogP contribution < -0.4 is 10.6 Å². The minimum absolute atomic E-state index is 0.00851. The molecule has 3 heterocycles. The number of phenolic OH excluding ortho intramolecular Hbond substituents is 3. The lowest BCUT2D eigenvalue weighted by atomic mass is 10.00. The van der Waals surface area contributed by atoms with Crippen molar-refractivity contribution in [2.75, 3.05) is 31.6 Å². The summed E-state index contributed by atoms with van der Waals surface area (Å²) < 4.78 is 20.0. The largest absolute Gasteiger partial charge is 0.504 e. The highest BCUT2D eigenvalue weighted by Crippen LogP contribution is 2.50. The Morgan fingerprint density at radius 2 is 1.82 bits per heavy atom. The number of phenols is 3. The first-order chi connectivity index (χ1) is 18.1. The normalized spacial score (nSPS) is 21.9. The van der Waals surface area contributed by atoms with Gasteiger partial charge >= 0.3 is 0 Å². The molecule has 3 amide bonds. The number of nitrogens with one attached hydrogen (secondary N) is 2. The lowest BCUT2D eigenvalue weighted by Gasteiger charge is -2.37. The first-order valence-corrected chi connectivity index (χ1v) is 12.1. The molecule has 12 nitrogen and oxygen atoms in total. The van der Waals surface area contributed by atoms with E-state index in [4.69, 9.17) is 4.74 Å². The molecule has 2 aromatic carbocycles. The fraction of sp³-hybridized carbons (Fsp3) is 0.400. The number of ether oxygens (including phenoxy) is 1. The number of nitrogens with zero attached hydrogens (tertiary/aromatic N) is 2. The van der Waals surface area contributed by atoms with Gasteiger partial charge < -0.3 is 30.5 Å². The molecule has 13 heteroatoms. The van der Waals surface area contributed by atoms with Gasteiger partial charge in [-0.25, -0.2) is 4.39 Å². The average Bonchev–Trinajstić information content (AvgIpc) is 3.25. The number of hydrogen-bond acceptors (Lipinski definition) is 10. The van der Waals surface area contributed by atoms with Crippen molar-refractivity contribution in [3.05, 3.63) is 46.3 Å². The van der Waals surface area contributed by atoms with Crippen molar-refractivity contribution in [3.8, 4) is 17.2 Å². The monoisotopic (exact) mass is 530 g/mol. The van der Waals surface area contributed by atoms with E-state index < -0.39 is 58.6 Å². The molecule has 0 aromatic heterocycles. The lowest BCUT2D eigenvalue weighted by molar-refractivity contribution is -0.167. The van der Waals surface area contributed by atoms with Crippen LogP contribution in [0.3, 0.4) is 0 Å². The number of piperidine rings is 1. The number of anilines is 1. The molecule has 2 aromatic rings. The molecule has 6 N–H and O–H groups in total. The zero-order valence-corrected chi connectivity index (χ0v) is 20.3. The number of aromatic hydroxyl groups is 3. The Hall–Kier alpha value is -3.94. The van der Waals surface area contributed by atoms with E-state index in [2.05, 4.69) is 10.2 Å². The molecule has 2 saturated heterocycles. The number of carbonyl (C=O) groups excluding carboxylic acids is 3. The van der Waals surface area contributed by atoms with E-state index in [0.29, 0.717) is 19.8 Å². The van der Waals surface area contributed by atoms with Gasteiger partial charge in [-0.05, 0) is 17.7 Å². The summed E-state index contributed by atoms with van der Waals surface area (Å²) in [6.07, 6.45) is -0.601. The molecule has 0 bridgehead atoms. The number of halogens is 1. The molecule has 38 heavy (non-hydrogen) atoms. The summed E-state index contributed by atoms with van der Waals surface area (Å²) in [6, 6.07) is 4.67. The second-order valence-electron chi connectivity index (χ2n) is 9.53. The molecule has 3 aliphatic rings. The third-order valence-electron chi connectivity index (χ3n) is 7.14. The van der Waals surface area contributed by atoms with E-state index in [1.54, 1.807) is 12.1 Å². The minimum atomic E-state index is -2.39. The van der Waals surface area contributed by atoms with Crippen molar-refractivity contribution >= 4 is 23.4 Å². The van der Waals surface area contributed by atoms with Gasteiger partial charge in [-0.3, -0.25) is 29.5 Å². The maximum atomic E-state index is 14.7. The van der Waals surface area contributed by atoms with Crippen molar-refractivity contribution in [1.29, 1.82) is 0 Å². The maximum Gasteiger partial charge on any atom is 0.279 e. The average molecular weight is 531 g/mol. The molecule has 3 aliphatic heterocycles. The Kier molecular flexibility index (Phi) is 6.59. The number of aliphatic hydroxyl groups is 1. The van der Waals surface area contributed by atoms with Crippen LogP contribution in [-0.2, 0) is 34.0 Å². The quantitative estimate of drug-likeness (QED) is 0.175. The number of carbonyl (C=O) groups is 3. The van der Waals surface area contributed by atoms with Crippen molar-refractivity contribution < 1.29 is 43.9 Å². The molecule has 0 aliphatic carbocycles. The fourth-order valence-corrected chi connectivity index (χ4v) is 5.01. The van der Waals surface area contributed by atoms with Gasteiger partial charge in [0.1, 0.15) is 5.82 Å². The number of imide groups is 1. The predicted octanol–water partition coefficient (Wildman–Crippen LogP) is 0.468. The number of fused-ring (bicyclic) bond motifs is 1. The van der Waals surface area contributed by atoms with Crippen LogP contribution in [0.1, 0.15) is 39.9 Å². The summed E-state index contributed by atoms with van der Waals surface area (Å²) in [6.45, 7) is 2.74. The van der Waals surface area contributed by atoms with Crippen LogP contribution in [0.2, 0.25) is 0 Å². The van der Waals surface area contributed by atoms with Crippen LogP contribution in [0.15, 0.2) is 18.2 Å². The van der Waals surface area contributed by atoms with Gasteiger partial charge in [0.2, 0.25) is 17.4 Å². The van der Waals surface area contributed by atoms with Gasteiger partial charge in [-0.2, -0.15) is 0 Å². The first kappa shape index (κ1) is 25.7. The number of benzene rings is 2. The number of hydrogen-bond donors (Lipinski definition) is 6. The standard InChI is InChI=1S/C25H27FN4O8/c26-16-2-1-13(11-29-5-7-38-8-6-29)9-14(16)10-27-19-15-12-30(25(37)4-3-17(31)28-24(25)36)23(35)18(15)20(32)22(34)21(19)33/h1-2,9,27,32-34,37H,3-8,10-12H2,(H,28,31,36).